The SMILES string of the molecule is CN(C)Cc1c(C(=O)N2C[C@@H](N)[C@H](c3ccccc3)C2)oc2ccccc12.Cl.Cl. The number of para-hydroxylation sites is 1. The molecule has 4 rings (SSSR count). The molecule has 2 atom stereocenters. The lowest BCUT2D eigenvalue weighted by Gasteiger charge is -2.17. The van der Waals surface area contributed by atoms with Gasteiger partial charge < -0.3 is 20.0 Å². The number of likely N-dealkylation sites (tertiary alicyclic amines) is 1. The molecule has 0 unspecified atom stereocenters. The van der Waals surface area contributed by atoms with E-state index < -0.39 is 0 Å². The second-order valence-electron chi connectivity index (χ2n) is 7.53. The molecule has 2 aromatic carbocycles. The monoisotopic (exact) mass is 435 g/mol. The first-order chi connectivity index (χ1) is 13.0. The molecule has 1 saturated heterocycles. The molecule has 0 bridgehead atoms. The molecular formula is C22H27Cl2N3O2. The predicted octanol–water partition coefficient (Wildman–Crippen LogP) is 3.90. The quantitative estimate of drug-likeness (QED) is 0.674. The first-order valence-electron chi connectivity index (χ1n) is 9.29. The Kier molecular flexibility index (Phi) is 7.72. The maximum Gasteiger partial charge on any atom is 0.290 e. The van der Waals surface area contributed by atoms with Crippen molar-refractivity contribution in [2.24, 2.45) is 5.73 Å². The molecule has 0 spiro atoms. The summed E-state index contributed by atoms with van der Waals surface area (Å²) in [6.45, 7) is 1.80. The molecule has 5 nitrogen and oxygen atoms in total. The molecule has 1 fully saturated rings. The van der Waals surface area contributed by atoms with Gasteiger partial charge in [-0.25, -0.2) is 0 Å². The molecule has 1 amide bonds. The molecule has 0 saturated carbocycles. The van der Waals surface area contributed by atoms with Gasteiger partial charge in [0.2, 0.25) is 0 Å². The normalized spacial score (nSPS) is 18.6. The Morgan fingerprint density at radius 2 is 1.72 bits per heavy atom. The van der Waals surface area contributed by atoms with E-state index >= 15 is 0 Å². The topological polar surface area (TPSA) is 62.7 Å². The lowest BCUT2D eigenvalue weighted by molar-refractivity contribution is 0.0757. The summed E-state index contributed by atoms with van der Waals surface area (Å²) in [5.41, 5.74) is 9.25. The van der Waals surface area contributed by atoms with E-state index in [9.17, 15) is 4.79 Å². The number of nitrogens with two attached hydrogens (primary N) is 1. The van der Waals surface area contributed by atoms with Crippen LogP contribution < -0.4 is 5.73 Å². The van der Waals surface area contributed by atoms with Crippen LogP contribution >= 0.6 is 24.8 Å². The van der Waals surface area contributed by atoms with Crippen molar-refractivity contribution in [3.05, 3.63) is 71.5 Å². The van der Waals surface area contributed by atoms with Crippen molar-refractivity contribution >= 4 is 41.7 Å². The third-order valence-electron chi connectivity index (χ3n) is 5.25. The zero-order valence-electron chi connectivity index (χ0n) is 16.6. The predicted molar refractivity (Wildman–Crippen MR) is 121 cm³/mol. The molecule has 1 aromatic heterocycles. The number of hydrogen-bond donors (Lipinski definition) is 1. The van der Waals surface area contributed by atoms with Crippen LogP contribution in [0.3, 0.4) is 0 Å². The molecule has 2 heterocycles. The van der Waals surface area contributed by atoms with E-state index in [4.69, 9.17) is 10.2 Å². The minimum Gasteiger partial charge on any atom is -0.451 e. The highest BCUT2D eigenvalue weighted by atomic mass is 35.5. The number of carbonyl (C=O) groups is 1. The van der Waals surface area contributed by atoms with Crippen LogP contribution in [-0.4, -0.2) is 48.9 Å². The first kappa shape index (κ1) is 23.2. The van der Waals surface area contributed by atoms with Crippen LogP contribution in [-0.2, 0) is 6.54 Å². The van der Waals surface area contributed by atoms with Gasteiger partial charge in [-0.3, -0.25) is 4.79 Å². The van der Waals surface area contributed by atoms with E-state index in [-0.39, 0.29) is 42.7 Å². The van der Waals surface area contributed by atoms with Crippen molar-refractivity contribution in [3.8, 4) is 0 Å². The summed E-state index contributed by atoms with van der Waals surface area (Å²) in [5.74, 6) is 0.513. The van der Waals surface area contributed by atoms with E-state index in [2.05, 4.69) is 17.0 Å². The van der Waals surface area contributed by atoms with E-state index in [1.165, 1.54) is 5.56 Å². The van der Waals surface area contributed by atoms with Crippen LogP contribution in [0.15, 0.2) is 59.0 Å². The van der Waals surface area contributed by atoms with Crippen LogP contribution in [0.4, 0.5) is 0 Å². The van der Waals surface area contributed by atoms with Gasteiger partial charge in [0.25, 0.3) is 5.91 Å². The molecular weight excluding hydrogens is 409 g/mol. The summed E-state index contributed by atoms with van der Waals surface area (Å²) in [7, 11) is 3.99. The molecule has 156 valence electrons. The Morgan fingerprint density at radius 3 is 2.41 bits per heavy atom. The van der Waals surface area contributed by atoms with Gasteiger partial charge in [-0.15, -0.1) is 24.8 Å². The molecule has 1 aliphatic rings. The van der Waals surface area contributed by atoms with Crippen LogP contribution in [0.5, 0.6) is 0 Å². The summed E-state index contributed by atoms with van der Waals surface area (Å²) in [4.78, 5) is 17.2. The Labute approximate surface area is 183 Å². The number of fused-ring (bicyclic) bond motifs is 1. The minimum atomic E-state index is -0.0723. The smallest absolute Gasteiger partial charge is 0.290 e. The largest absolute Gasteiger partial charge is 0.451 e. The summed E-state index contributed by atoms with van der Waals surface area (Å²) in [5, 5.41) is 0.998. The molecule has 3 aromatic rings. The number of rotatable bonds is 4. The first-order valence-corrected chi connectivity index (χ1v) is 9.29. The van der Waals surface area contributed by atoms with Crippen LogP contribution in [0.2, 0.25) is 0 Å². The summed E-state index contributed by atoms with van der Waals surface area (Å²) >= 11 is 0. The summed E-state index contributed by atoms with van der Waals surface area (Å²) < 4.78 is 5.99. The van der Waals surface area contributed by atoms with Gasteiger partial charge in [0.05, 0.1) is 0 Å². The highest BCUT2D eigenvalue weighted by molar-refractivity contribution is 5.99. The van der Waals surface area contributed by atoms with Crippen molar-refractivity contribution in [3.63, 3.8) is 0 Å². The van der Waals surface area contributed by atoms with Crippen LogP contribution in [0.1, 0.15) is 27.6 Å². The zero-order valence-corrected chi connectivity index (χ0v) is 18.2. The number of benzene rings is 2. The number of carbonyl (C=O) groups excluding carboxylic acids is 1. The Hall–Kier alpha value is -2.05. The number of halogens is 2. The molecule has 0 radical (unpaired) electrons. The van der Waals surface area contributed by atoms with Crippen molar-refractivity contribution in [2.45, 2.75) is 18.5 Å². The molecule has 7 heteroatoms. The molecule has 0 aliphatic carbocycles. The Bertz CT molecular complexity index is 959. The lowest BCUT2D eigenvalue weighted by Crippen LogP contribution is -2.32. The zero-order chi connectivity index (χ0) is 19.0. The standard InChI is InChI=1S/C22H25N3O2.2ClH/c1-24(2)12-18-16-10-6-7-11-20(16)27-21(18)22(26)25-13-17(19(23)14-25)15-8-4-3-5-9-15;;/h3-11,17,19H,12-14,23H2,1-2H3;2*1H/t17-,19+;;/m0../s1. The summed E-state index contributed by atoms with van der Waals surface area (Å²) in [6.07, 6.45) is 0. The van der Waals surface area contributed by atoms with E-state index in [1.54, 1.807) is 0 Å². The van der Waals surface area contributed by atoms with Gasteiger partial charge in [-0.05, 0) is 25.7 Å². The van der Waals surface area contributed by atoms with Crippen molar-refractivity contribution in [1.82, 2.24) is 9.80 Å². The molecule has 29 heavy (non-hydrogen) atoms. The minimum absolute atomic E-state index is 0. The lowest BCUT2D eigenvalue weighted by atomic mass is 9.95. The molecule has 2 N–H and O–H groups in total. The van der Waals surface area contributed by atoms with E-state index in [0.717, 1.165) is 16.5 Å². The maximum absolute atomic E-state index is 13.3. The fraction of sp³-hybridized carbons (Fsp3) is 0.318. The van der Waals surface area contributed by atoms with E-state index in [0.29, 0.717) is 25.4 Å². The van der Waals surface area contributed by atoms with Crippen LogP contribution in [0, 0.1) is 0 Å². The highest BCUT2D eigenvalue weighted by Gasteiger charge is 2.36. The summed E-state index contributed by atoms with van der Waals surface area (Å²) in [6, 6.07) is 17.9. The van der Waals surface area contributed by atoms with Gasteiger partial charge in [0.15, 0.2) is 5.76 Å². The van der Waals surface area contributed by atoms with Gasteiger partial charge in [-0.1, -0.05) is 48.5 Å². The molecule has 1 aliphatic heterocycles. The fourth-order valence-electron chi connectivity index (χ4n) is 3.94. The van der Waals surface area contributed by atoms with Crippen molar-refractivity contribution < 1.29 is 9.21 Å². The number of amides is 1. The second kappa shape index (κ2) is 9.63. The van der Waals surface area contributed by atoms with Gasteiger partial charge in [-0.2, -0.15) is 0 Å². The maximum atomic E-state index is 13.3. The fourth-order valence-corrected chi connectivity index (χ4v) is 3.94. The number of hydrogen-bond acceptors (Lipinski definition) is 4. The van der Waals surface area contributed by atoms with Gasteiger partial charge in [0.1, 0.15) is 5.58 Å². The third-order valence-corrected chi connectivity index (χ3v) is 5.25. The third kappa shape index (κ3) is 4.59. The van der Waals surface area contributed by atoms with E-state index in [1.807, 2.05) is 61.5 Å². The van der Waals surface area contributed by atoms with Gasteiger partial charge >= 0.3 is 0 Å². The number of nitrogens with zero attached hydrogens (tertiary/aromatic N) is 2. The second-order valence-corrected chi connectivity index (χ2v) is 7.53. The van der Waals surface area contributed by atoms with Crippen molar-refractivity contribution in [2.75, 3.05) is 27.2 Å². The average molecular weight is 436 g/mol. The average Bonchev–Trinajstić information content (AvgIpc) is 3.23. The number of furan rings is 1. The highest BCUT2D eigenvalue weighted by Crippen LogP contribution is 2.31. The Balaban J connectivity index is 0.00000150. The van der Waals surface area contributed by atoms with Crippen LogP contribution in [0.25, 0.3) is 11.0 Å². The Morgan fingerprint density at radius 1 is 1.07 bits per heavy atom. The van der Waals surface area contributed by atoms with Crippen molar-refractivity contribution in [1.29, 1.82) is 0 Å². The van der Waals surface area contributed by atoms with Gasteiger partial charge in [0, 0.05) is 42.5 Å².